The van der Waals surface area contributed by atoms with Crippen LogP contribution in [-0.2, 0) is 14.4 Å². The van der Waals surface area contributed by atoms with E-state index >= 15 is 0 Å². The molecule has 0 fully saturated rings. The van der Waals surface area contributed by atoms with Crippen LogP contribution in [0.5, 0.6) is 0 Å². The Kier molecular flexibility index (Phi) is 4.67. The Morgan fingerprint density at radius 2 is 1.08 bits per heavy atom. The van der Waals surface area contributed by atoms with Crippen LogP contribution in [0.25, 0.3) is 0 Å². The fourth-order valence-corrected chi connectivity index (χ4v) is 0.650. The Morgan fingerprint density at radius 3 is 1.33 bits per heavy atom. The summed E-state index contributed by atoms with van der Waals surface area (Å²) >= 11 is 0. The normalized spacial score (nSPS) is 9.33. The summed E-state index contributed by atoms with van der Waals surface area (Å²) in [6, 6.07) is 0. The maximum Gasteiger partial charge on any atom is 0.217 e. The van der Waals surface area contributed by atoms with Gasteiger partial charge < -0.3 is 11.5 Å². The third-order valence-corrected chi connectivity index (χ3v) is 1.30. The molecule has 0 aromatic heterocycles. The van der Waals surface area contributed by atoms with Gasteiger partial charge in [0.05, 0.1) is 0 Å². The van der Waals surface area contributed by atoms with Crippen LogP contribution in [0.4, 0.5) is 0 Å². The summed E-state index contributed by atoms with van der Waals surface area (Å²) in [4.78, 5) is 31.3. The lowest BCUT2D eigenvalue weighted by atomic mass is 10.1. The minimum absolute atomic E-state index is 0.0393. The predicted molar refractivity (Wildman–Crippen MR) is 41.9 cm³/mol. The quantitative estimate of drug-likeness (QED) is 0.541. The highest BCUT2D eigenvalue weighted by molar-refractivity contribution is 5.87. The maximum absolute atomic E-state index is 10.8. The van der Waals surface area contributed by atoms with E-state index in [4.69, 9.17) is 11.5 Å². The second kappa shape index (κ2) is 5.29. The summed E-state index contributed by atoms with van der Waals surface area (Å²) < 4.78 is 0. The summed E-state index contributed by atoms with van der Waals surface area (Å²) in [5.41, 5.74) is 9.63. The van der Waals surface area contributed by atoms with Crippen molar-refractivity contribution >= 4 is 17.6 Å². The number of rotatable bonds is 6. The number of carbonyl (C=O) groups excluding carboxylic acids is 3. The molecule has 0 radical (unpaired) electrons. The van der Waals surface area contributed by atoms with Crippen molar-refractivity contribution in [3.05, 3.63) is 0 Å². The highest BCUT2D eigenvalue weighted by Gasteiger charge is 2.05. The molecule has 0 aliphatic carbocycles. The van der Waals surface area contributed by atoms with Crippen LogP contribution in [0, 0.1) is 0 Å². The van der Waals surface area contributed by atoms with Crippen LogP contribution in [0.2, 0.25) is 0 Å². The summed E-state index contributed by atoms with van der Waals surface area (Å²) in [5.74, 6) is -1.18. The van der Waals surface area contributed by atoms with E-state index in [-0.39, 0.29) is 31.5 Å². The standard InChI is InChI=1S/C7H12N2O3/c8-6(11)3-1-5(10)2-4-7(9)12/h1-4H2,(H2,8,11)(H2,9,12). The van der Waals surface area contributed by atoms with E-state index in [0.29, 0.717) is 0 Å². The first-order valence-electron chi connectivity index (χ1n) is 3.60. The SMILES string of the molecule is NC(=O)CCC(=O)CCC(N)=O. The molecule has 0 saturated heterocycles. The first kappa shape index (κ1) is 10.6. The molecule has 0 aliphatic heterocycles. The molecule has 68 valence electrons. The molecular weight excluding hydrogens is 160 g/mol. The Balaban J connectivity index is 3.47. The highest BCUT2D eigenvalue weighted by atomic mass is 16.2. The van der Waals surface area contributed by atoms with Crippen LogP contribution in [0.1, 0.15) is 25.7 Å². The number of ketones is 1. The summed E-state index contributed by atoms with van der Waals surface area (Å²) in [6.07, 6.45) is 0.278. The summed E-state index contributed by atoms with van der Waals surface area (Å²) in [7, 11) is 0. The molecule has 12 heavy (non-hydrogen) atoms. The molecule has 0 heterocycles. The smallest absolute Gasteiger partial charge is 0.217 e. The zero-order valence-corrected chi connectivity index (χ0v) is 6.71. The largest absolute Gasteiger partial charge is 0.370 e. The van der Waals surface area contributed by atoms with E-state index < -0.39 is 11.8 Å². The molecule has 0 spiro atoms. The van der Waals surface area contributed by atoms with E-state index in [2.05, 4.69) is 0 Å². The van der Waals surface area contributed by atoms with Gasteiger partial charge in [-0.15, -0.1) is 0 Å². The van der Waals surface area contributed by atoms with Gasteiger partial charge >= 0.3 is 0 Å². The number of carbonyl (C=O) groups is 3. The molecule has 0 aromatic carbocycles. The molecule has 5 heteroatoms. The Bertz CT molecular complexity index is 181. The van der Waals surface area contributed by atoms with Gasteiger partial charge in [-0.1, -0.05) is 0 Å². The predicted octanol–water partition coefficient (Wildman–Crippen LogP) is -0.914. The Labute approximate surface area is 70.1 Å². The van der Waals surface area contributed by atoms with Crippen molar-refractivity contribution in [3.63, 3.8) is 0 Å². The molecule has 0 atom stereocenters. The van der Waals surface area contributed by atoms with Crippen LogP contribution < -0.4 is 11.5 Å². The Hall–Kier alpha value is -1.39. The zero-order chi connectivity index (χ0) is 9.56. The molecule has 5 nitrogen and oxygen atoms in total. The lowest BCUT2D eigenvalue weighted by Crippen LogP contribution is -2.15. The summed E-state index contributed by atoms with van der Waals surface area (Å²) in [5, 5.41) is 0. The van der Waals surface area contributed by atoms with Crippen LogP contribution in [0.15, 0.2) is 0 Å². The lowest BCUT2D eigenvalue weighted by Gasteiger charge is -1.95. The van der Waals surface area contributed by atoms with Gasteiger partial charge in [-0.05, 0) is 0 Å². The van der Waals surface area contributed by atoms with Gasteiger partial charge in [0.15, 0.2) is 0 Å². The van der Waals surface area contributed by atoms with Crippen molar-refractivity contribution in [1.29, 1.82) is 0 Å². The number of Topliss-reactive ketones (excluding diaryl/α,β-unsaturated/α-hetero) is 1. The van der Waals surface area contributed by atoms with E-state index in [1.807, 2.05) is 0 Å². The number of primary amides is 2. The Morgan fingerprint density at radius 1 is 0.750 bits per heavy atom. The topological polar surface area (TPSA) is 103 Å². The third kappa shape index (κ3) is 6.73. The van der Waals surface area contributed by atoms with Gasteiger partial charge in [0.1, 0.15) is 5.78 Å². The van der Waals surface area contributed by atoms with Gasteiger partial charge in [0, 0.05) is 25.7 Å². The van der Waals surface area contributed by atoms with E-state index in [1.165, 1.54) is 0 Å². The highest BCUT2D eigenvalue weighted by Crippen LogP contribution is 1.97. The number of amides is 2. The van der Waals surface area contributed by atoms with Crippen molar-refractivity contribution in [2.45, 2.75) is 25.7 Å². The van der Waals surface area contributed by atoms with E-state index in [0.717, 1.165) is 0 Å². The second-order valence-electron chi connectivity index (χ2n) is 2.47. The van der Waals surface area contributed by atoms with Crippen molar-refractivity contribution in [3.8, 4) is 0 Å². The minimum Gasteiger partial charge on any atom is -0.370 e. The number of hydrogen-bond donors (Lipinski definition) is 2. The fraction of sp³-hybridized carbons (Fsp3) is 0.571. The first-order valence-corrected chi connectivity index (χ1v) is 3.60. The molecular formula is C7H12N2O3. The van der Waals surface area contributed by atoms with Crippen LogP contribution >= 0.6 is 0 Å². The lowest BCUT2D eigenvalue weighted by molar-refractivity contribution is -0.125. The third-order valence-electron chi connectivity index (χ3n) is 1.30. The minimum atomic E-state index is -0.512. The van der Waals surface area contributed by atoms with Gasteiger partial charge in [-0.2, -0.15) is 0 Å². The number of hydrogen-bond acceptors (Lipinski definition) is 3. The molecule has 0 bridgehead atoms. The molecule has 0 unspecified atom stereocenters. The van der Waals surface area contributed by atoms with E-state index in [9.17, 15) is 14.4 Å². The molecule has 0 aromatic rings. The molecule has 0 rings (SSSR count). The van der Waals surface area contributed by atoms with Gasteiger partial charge in [-0.3, -0.25) is 14.4 Å². The van der Waals surface area contributed by atoms with Crippen LogP contribution in [-0.4, -0.2) is 17.6 Å². The molecule has 2 amide bonds. The first-order chi connectivity index (χ1) is 5.52. The van der Waals surface area contributed by atoms with Crippen LogP contribution in [0.3, 0.4) is 0 Å². The van der Waals surface area contributed by atoms with Gasteiger partial charge in [0.25, 0.3) is 0 Å². The molecule has 0 aliphatic rings. The fourth-order valence-electron chi connectivity index (χ4n) is 0.650. The van der Waals surface area contributed by atoms with Crippen molar-refractivity contribution in [1.82, 2.24) is 0 Å². The summed E-state index contributed by atoms with van der Waals surface area (Å²) in [6.45, 7) is 0. The second-order valence-corrected chi connectivity index (χ2v) is 2.47. The van der Waals surface area contributed by atoms with E-state index in [1.54, 1.807) is 0 Å². The zero-order valence-electron chi connectivity index (χ0n) is 6.71. The van der Waals surface area contributed by atoms with Crippen molar-refractivity contribution < 1.29 is 14.4 Å². The van der Waals surface area contributed by atoms with Crippen molar-refractivity contribution in [2.75, 3.05) is 0 Å². The number of nitrogens with two attached hydrogens (primary N) is 2. The maximum atomic E-state index is 10.8. The van der Waals surface area contributed by atoms with Gasteiger partial charge in [0.2, 0.25) is 11.8 Å². The monoisotopic (exact) mass is 172 g/mol. The average Bonchev–Trinajstić information content (AvgIpc) is 1.96. The average molecular weight is 172 g/mol. The van der Waals surface area contributed by atoms with Gasteiger partial charge in [-0.25, -0.2) is 0 Å². The molecule has 0 saturated carbocycles. The van der Waals surface area contributed by atoms with Crippen molar-refractivity contribution in [2.24, 2.45) is 11.5 Å². The molecule has 4 N–H and O–H groups in total.